The molecule has 3 aromatic rings. The van der Waals surface area contributed by atoms with Crippen LogP contribution in [0.25, 0.3) is 0 Å². The van der Waals surface area contributed by atoms with Gasteiger partial charge in [0.25, 0.3) is 5.91 Å². The van der Waals surface area contributed by atoms with E-state index in [0.717, 1.165) is 10.7 Å². The maximum absolute atomic E-state index is 12.1. The summed E-state index contributed by atoms with van der Waals surface area (Å²) in [6.07, 6.45) is 0. The van der Waals surface area contributed by atoms with Crippen LogP contribution in [0.5, 0.6) is 5.75 Å². The quantitative estimate of drug-likeness (QED) is 0.574. The van der Waals surface area contributed by atoms with E-state index in [9.17, 15) is 9.59 Å². The van der Waals surface area contributed by atoms with Gasteiger partial charge in [-0.1, -0.05) is 23.7 Å². The highest BCUT2D eigenvalue weighted by molar-refractivity contribution is 7.09. The monoisotopic (exact) mass is 416 g/mol. The van der Waals surface area contributed by atoms with Gasteiger partial charge in [-0.2, -0.15) is 0 Å². The summed E-state index contributed by atoms with van der Waals surface area (Å²) in [5.41, 5.74) is 1.64. The van der Waals surface area contributed by atoms with Gasteiger partial charge in [-0.3, -0.25) is 4.79 Å². The van der Waals surface area contributed by atoms with Crippen LogP contribution in [0.2, 0.25) is 5.02 Å². The smallest absolute Gasteiger partial charge is 0.338 e. The van der Waals surface area contributed by atoms with Gasteiger partial charge in [0, 0.05) is 5.38 Å². The molecule has 0 aliphatic heterocycles. The molecule has 0 saturated carbocycles. The SMILES string of the molecule is Cc1nc(COc2ccc(C(=O)OCC(=O)Nc3ccccc3Cl)cc2)cs1. The second-order valence-electron chi connectivity index (χ2n) is 5.78. The van der Waals surface area contributed by atoms with E-state index in [1.165, 1.54) is 0 Å². The normalized spacial score (nSPS) is 10.4. The van der Waals surface area contributed by atoms with Crippen molar-refractivity contribution >= 4 is 40.5 Å². The van der Waals surface area contributed by atoms with E-state index >= 15 is 0 Å². The van der Waals surface area contributed by atoms with Crippen molar-refractivity contribution in [1.82, 2.24) is 4.98 Å². The van der Waals surface area contributed by atoms with Gasteiger partial charge in [0.1, 0.15) is 12.4 Å². The molecule has 0 unspecified atom stereocenters. The first-order valence-electron chi connectivity index (χ1n) is 8.36. The number of para-hydroxylation sites is 1. The molecule has 1 aromatic heterocycles. The molecule has 1 amide bonds. The van der Waals surface area contributed by atoms with E-state index < -0.39 is 18.5 Å². The van der Waals surface area contributed by atoms with Crippen LogP contribution in [0, 0.1) is 6.92 Å². The molecule has 0 spiro atoms. The van der Waals surface area contributed by atoms with Crippen LogP contribution in [0.4, 0.5) is 5.69 Å². The van der Waals surface area contributed by atoms with Crippen molar-refractivity contribution in [2.45, 2.75) is 13.5 Å². The summed E-state index contributed by atoms with van der Waals surface area (Å²) >= 11 is 7.53. The van der Waals surface area contributed by atoms with Crippen molar-refractivity contribution < 1.29 is 19.1 Å². The molecule has 0 radical (unpaired) electrons. The topological polar surface area (TPSA) is 77.5 Å². The highest BCUT2D eigenvalue weighted by atomic mass is 35.5. The van der Waals surface area contributed by atoms with Gasteiger partial charge in [0.2, 0.25) is 0 Å². The predicted molar refractivity (Wildman–Crippen MR) is 108 cm³/mol. The van der Waals surface area contributed by atoms with Crippen molar-refractivity contribution in [3.63, 3.8) is 0 Å². The Labute approximate surface area is 171 Å². The fraction of sp³-hybridized carbons (Fsp3) is 0.150. The van der Waals surface area contributed by atoms with Crippen molar-refractivity contribution in [3.8, 4) is 5.75 Å². The average molecular weight is 417 g/mol. The van der Waals surface area contributed by atoms with E-state index in [4.69, 9.17) is 21.1 Å². The van der Waals surface area contributed by atoms with Gasteiger partial charge in [-0.15, -0.1) is 11.3 Å². The molecule has 2 aromatic carbocycles. The Hall–Kier alpha value is -2.90. The third-order valence-electron chi connectivity index (χ3n) is 3.63. The van der Waals surface area contributed by atoms with E-state index in [2.05, 4.69) is 10.3 Å². The number of hydrogen-bond acceptors (Lipinski definition) is 6. The van der Waals surface area contributed by atoms with Gasteiger partial charge in [0.15, 0.2) is 6.61 Å². The van der Waals surface area contributed by atoms with Crippen LogP contribution < -0.4 is 10.1 Å². The van der Waals surface area contributed by atoms with Crippen molar-refractivity contribution in [2.75, 3.05) is 11.9 Å². The molecule has 8 heteroatoms. The van der Waals surface area contributed by atoms with Crippen molar-refractivity contribution in [1.29, 1.82) is 0 Å². The van der Waals surface area contributed by atoms with E-state index in [1.54, 1.807) is 59.9 Å². The Bertz CT molecular complexity index is 972. The number of carbonyl (C=O) groups is 2. The Morgan fingerprint density at radius 2 is 1.89 bits per heavy atom. The molecule has 0 aliphatic carbocycles. The summed E-state index contributed by atoms with van der Waals surface area (Å²) in [5, 5.41) is 5.92. The van der Waals surface area contributed by atoms with Crippen molar-refractivity contribution in [3.05, 3.63) is 75.2 Å². The van der Waals surface area contributed by atoms with Crippen LogP contribution in [0.15, 0.2) is 53.9 Å². The Kier molecular flexibility index (Phi) is 6.62. The van der Waals surface area contributed by atoms with Gasteiger partial charge >= 0.3 is 5.97 Å². The van der Waals surface area contributed by atoms with Gasteiger partial charge < -0.3 is 14.8 Å². The second-order valence-corrected chi connectivity index (χ2v) is 7.24. The number of nitrogens with zero attached hydrogens (tertiary/aromatic N) is 1. The molecule has 0 fully saturated rings. The number of ether oxygens (including phenoxy) is 2. The predicted octanol–water partition coefficient (Wildman–Crippen LogP) is 4.48. The first-order chi connectivity index (χ1) is 13.5. The minimum Gasteiger partial charge on any atom is -0.487 e. The Morgan fingerprint density at radius 1 is 1.14 bits per heavy atom. The molecule has 0 bridgehead atoms. The highest BCUT2D eigenvalue weighted by Crippen LogP contribution is 2.20. The number of nitrogens with one attached hydrogen (secondary N) is 1. The number of carbonyl (C=O) groups excluding carboxylic acids is 2. The fourth-order valence-corrected chi connectivity index (χ4v) is 3.06. The first-order valence-corrected chi connectivity index (χ1v) is 9.62. The molecule has 6 nitrogen and oxygen atoms in total. The number of halogens is 1. The molecular formula is C20H17ClN2O4S. The number of aromatic nitrogens is 1. The molecule has 3 rings (SSSR count). The lowest BCUT2D eigenvalue weighted by atomic mass is 10.2. The summed E-state index contributed by atoms with van der Waals surface area (Å²) in [6, 6.07) is 13.3. The van der Waals surface area contributed by atoms with Crippen LogP contribution in [0.1, 0.15) is 21.1 Å². The minimum atomic E-state index is -0.601. The number of esters is 1. The maximum atomic E-state index is 12.1. The zero-order valence-corrected chi connectivity index (χ0v) is 16.5. The van der Waals surface area contributed by atoms with Crippen LogP contribution >= 0.6 is 22.9 Å². The molecule has 0 atom stereocenters. The summed E-state index contributed by atoms with van der Waals surface area (Å²) < 4.78 is 10.7. The molecular weight excluding hydrogens is 400 g/mol. The van der Waals surface area contributed by atoms with E-state index in [-0.39, 0.29) is 0 Å². The number of benzene rings is 2. The number of anilines is 1. The van der Waals surface area contributed by atoms with Crippen LogP contribution in [-0.4, -0.2) is 23.5 Å². The number of hydrogen-bond donors (Lipinski definition) is 1. The number of rotatable bonds is 7. The standard InChI is InChI=1S/C20H17ClN2O4S/c1-13-22-15(12-28-13)10-26-16-8-6-14(7-9-16)20(25)27-11-19(24)23-18-5-3-2-4-17(18)21/h2-9,12H,10-11H2,1H3,(H,23,24). The zero-order valence-electron chi connectivity index (χ0n) is 15.0. The Morgan fingerprint density at radius 3 is 2.57 bits per heavy atom. The molecule has 1 N–H and O–H groups in total. The first kappa shape index (κ1) is 19.9. The third-order valence-corrected chi connectivity index (χ3v) is 4.78. The van der Waals surface area contributed by atoms with Gasteiger partial charge in [-0.25, -0.2) is 9.78 Å². The summed E-state index contributed by atoms with van der Waals surface area (Å²) in [5.74, 6) is -0.463. The fourth-order valence-electron chi connectivity index (χ4n) is 2.28. The average Bonchev–Trinajstić information content (AvgIpc) is 3.12. The number of amides is 1. The number of aryl methyl sites for hydroxylation is 1. The molecule has 28 heavy (non-hydrogen) atoms. The lowest BCUT2D eigenvalue weighted by Gasteiger charge is -2.08. The molecule has 0 aliphatic rings. The van der Waals surface area contributed by atoms with Gasteiger partial charge in [0.05, 0.1) is 27.0 Å². The maximum Gasteiger partial charge on any atom is 0.338 e. The second kappa shape index (κ2) is 9.34. The third kappa shape index (κ3) is 5.55. The van der Waals surface area contributed by atoms with Crippen LogP contribution in [0.3, 0.4) is 0 Å². The number of thiazole rings is 1. The largest absolute Gasteiger partial charge is 0.487 e. The minimum absolute atomic E-state index is 0.322. The van der Waals surface area contributed by atoms with E-state index in [1.807, 2.05) is 12.3 Å². The zero-order chi connectivity index (χ0) is 19.9. The summed E-state index contributed by atoms with van der Waals surface area (Å²) in [7, 11) is 0. The van der Waals surface area contributed by atoms with Gasteiger partial charge in [-0.05, 0) is 43.3 Å². The molecule has 0 saturated heterocycles. The molecule has 1 heterocycles. The van der Waals surface area contributed by atoms with E-state index in [0.29, 0.717) is 28.6 Å². The Balaban J connectivity index is 1.47. The summed E-state index contributed by atoms with van der Waals surface area (Å²) in [4.78, 5) is 28.3. The van der Waals surface area contributed by atoms with Crippen LogP contribution in [-0.2, 0) is 16.1 Å². The lowest BCUT2D eigenvalue weighted by molar-refractivity contribution is -0.119. The highest BCUT2D eigenvalue weighted by Gasteiger charge is 2.11. The lowest BCUT2D eigenvalue weighted by Crippen LogP contribution is -2.21. The molecule has 144 valence electrons. The van der Waals surface area contributed by atoms with Crippen molar-refractivity contribution in [2.24, 2.45) is 0 Å². The summed E-state index contributed by atoms with van der Waals surface area (Å²) in [6.45, 7) is 1.88.